The molecule has 0 spiro atoms. The number of imidazole rings is 1. The van der Waals surface area contributed by atoms with E-state index in [2.05, 4.69) is 31.2 Å². The molecule has 3 heterocycles. The fraction of sp³-hybridized carbons (Fsp3) is 0.300. The Bertz CT molecular complexity index is 1230. The Morgan fingerprint density at radius 1 is 1.29 bits per heavy atom. The maximum Gasteiger partial charge on any atom is 0.294 e. The molecule has 3 aromatic rings. The maximum atomic E-state index is 13.2. The molecule has 34 heavy (non-hydrogen) atoms. The van der Waals surface area contributed by atoms with Crippen LogP contribution in [0.15, 0.2) is 34.1 Å². The lowest BCUT2D eigenvalue weighted by molar-refractivity contribution is -0.769. The highest BCUT2D eigenvalue weighted by Gasteiger charge is 2.29. The zero-order chi connectivity index (χ0) is 24.4. The molecule has 14 heteroatoms. The van der Waals surface area contributed by atoms with Crippen LogP contribution in [0.4, 0.5) is 0 Å². The van der Waals surface area contributed by atoms with Crippen LogP contribution in [0.25, 0.3) is 16.4 Å². The number of benzene rings is 1. The minimum Gasteiger partial charge on any atom is -0.480 e. The van der Waals surface area contributed by atoms with Crippen molar-refractivity contribution in [3.8, 4) is 22.3 Å². The number of carbonyl (C=O) groups excluding carboxylic acids is 1. The van der Waals surface area contributed by atoms with Crippen molar-refractivity contribution in [2.24, 2.45) is 0 Å². The minimum atomic E-state index is -0.789. The largest absolute Gasteiger partial charge is 0.480 e. The number of rotatable bonds is 7. The molecule has 1 aliphatic rings. The van der Waals surface area contributed by atoms with E-state index in [1.165, 1.54) is 18.4 Å². The first-order valence-electron chi connectivity index (χ1n) is 10.0. The lowest BCUT2D eigenvalue weighted by atomic mass is 10.1. The van der Waals surface area contributed by atoms with E-state index in [-0.39, 0.29) is 11.6 Å². The Labute approximate surface area is 216 Å². The average Bonchev–Trinajstić information content (AvgIpc) is 3.38. The molecule has 4 rings (SSSR count). The van der Waals surface area contributed by atoms with Gasteiger partial charge in [-0.2, -0.15) is 0 Å². The molecule has 0 aliphatic carbocycles. The molecular weight excluding hydrogens is 573 g/mol. The van der Waals surface area contributed by atoms with Gasteiger partial charge in [-0.3, -0.25) is 14.8 Å². The van der Waals surface area contributed by atoms with Crippen LogP contribution in [0.5, 0.6) is 5.88 Å². The van der Waals surface area contributed by atoms with Crippen LogP contribution in [0.2, 0.25) is 10.0 Å². The summed E-state index contributed by atoms with van der Waals surface area (Å²) < 4.78 is 8.23. The Kier molecular flexibility index (Phi) is 7.63. The SMILES string of the molecule is COc1c(C(=O)NN2CCC(O[N+](=O)[O-])CC2)nc(-c2ccc(Cl)cc2Cl)n1-c1ccc(Br)s1. The number of hydrazine groups is 1. The quantitative estimate of drug-likeness (QED) is 0.304. The van der Waals surface area contributed by atoms with E-state index in [4.69, 9.17) is 27.9 Å². The van der Waals surface area contributed by atoms with E-state index < -0.39 is 17.1 Å². The van der Waals surface area contributed by atoms with Crippen LogP contribution in [0.3, 0.4) is 0 Å². The van der Waals surface area contributed by atoms with Crippen molar-refractivity contribution in [1.29, 1.82) is 0 Å². The fourth-order valence-corrected chi connectivity index (χ4v) is 5.47. The molecule has 0 atom stereocenters. The third-order valence-electron chi connectivity index (χ3n) is 5.13. The first kappa shape index (κ1) is 24.7. The van der Waals surface area contributed by atoms with Crippen LogP contribution in [-0.2, 0) is 4.84 Å². The molecule has 0 unspecified atom stereocenters. The highest BCUT2D eigenvalue weighted by atomic mass is 79.9. The molecule has 2 aromatic heterocycles. The molecule has 10 nitrogen and oxygen atoms in total. The van der Waals surface area contributed by atoms with E-state index in [1.54, 1.807) is 27.8 Å². The van der Waals surface area contributed by atoms with Gasteiger partial charge in [-0.05, 0) is 59.1 Å². The molecule has 1 aromatic carbocycles. The summed E-state index contributed by atoms with van der Waals surface area (Å²) in [7, 11) is 1.46. The van der Waals surface area contributed by atoms with Crippen molar-refractivity contribution in [3.05, 3.63) is 60.0 Å². The van der Waals surface area contributed by atoms with Gasteiger partial charge in [0.25, 0.3) is 11.0 Å². The second-order valence-corrected chi connectivity index (χ2v) is 10.6. The summed E-state index contributed by atoms with van der Waals surface area (Å²) in [5.74, 6) is 0.168. The topological polar surface area (TPSA) is 112 Å². The Morgan fingerprint density at radius 2 is 2.03 bits per heavy atom. The van der Waals surface area contributed by atoms with E-state index in [9.17, 15) is 14.9 Å². The van der Waals surface area contributed by atoms with Gasteiger partial charge in [0.1, 0.15) is 11.1 Å². The molecule has 1 saturated heterocycles. The minimum absolute atomic E-state index is 0.0664. The third kappa shape index (κ3) is 5.31. The molecule has 0 bridgehead atoms. The van der Waals surface area contributed by atoms with Crippen LogP contribution in [-0.4, -0.2) is 51.9 Å². The van der Waals surface area contributed by atoms with Crippen molar-refractivity contribution >= 4 is 56.4 Å². The van der Waals surface area contributed by atoms with E-state index >= 15 is 0 Å². The van der Waals surface area contributed by atoms with Crippen molar-refractivity contribution in [2.45, 2.75) is 18.9 Å². The smallest absolute Gasteiger partial charge is 0.294 e. The number of carbonyl (C=O) groups is 1. The predicted octanol–water partition coefficient (Wildman–Crippen LogP) is 5.00. The van der Waals surface area contributed by atoms with Crippen molar-refractivity contribution in [2.75, 3.05) is 20.2 Å². The van der Waals surface area contributed by atoms with Gasteiger partial charge in [-0.15, -0.1) is 21.5 Å². The number of amides is 1. The van der Waals surface area contributed by atoms with Gasteiger partial charge in [-0.1, -0.05) is 23.2 Å². The van der Waals surface area contributed by atoms with Gasteiger partial charge in [0.05, 0.1) is 15.9 Å². The summed E-state index contributed by atoms with van der Waals surface area (Å²) in [6.45, 7) is 0.780. The van der Waals surface area contributed by atoms with E-state index in [1.807, 2.05) is 12.1 Å². The molecular formula is C20H18BrCl2N5O5S. The van der Waals surface area contributed by atoms with Crippen molar-refractivity contribution in [3.63, 3.8) is 0 Å². The van der Waals surface area contributed by atoms with Crippen LogP contribution < -0.4 is 10.2 Å². The fourth-order valence-electron chi connectivity index (χ4n) is 3.61. The van der Waals surface area contributed by atoms with Gasteiger partial charge in [0.15, 0.2) is 11.5 Å². The van der Waals surface area contributed by atoms with Gasteiger partial charge in [0, 0.05) is 23.7 Å². The zero-order valence-corrected chi connectivity index (χ0v) is 21.6. The lowest BCUT2D eigenvalue weighted by Crippen LogP contribution is -2.48. The van der Waals surface area contributed by atoms with Crippen molar-refractivity contribution < 1.29 is 19.5 Å². The number of hydrogen-bond donors (Lipinski definition) is 1. The summed E-state index contributed by atoms with van der Waals surface area (Å²) in [5.41, 5.74) is 3.45. The lowest BCUT2D eigenvalue weighted by Gasteiger charge is -2.30. The maximum absolute atomic E-state index is 13.2. The van der Waals surface area contributed by atoms with Crippen LogP contribution >= 0.6 is 50.5 Å². The Morgan fingerprint density at radius 3 is 2.62 bits per heavy atom. The molecule has 1 aliphatic heterocycles. The molecule has 0 saturated carbocycles. The van der Waals surface area contributed by atoms with Gasteiger partial charge >= 0.3 is 0 Å². The summed E-state index contributed by atoms with van der Waals surface area (Å²) >= 11 is 17.4. The monoisotopic (exact) mass is 589 g/mol. The standard InChI is InChI=1S/C20H18BrCl2N5O5S/c1-32-20-17(19(29)25-26-8-6-12(7-9-26)33-28(30)31)24-18(13-3-2-11(22)10-14(13)23)27(20)16-5-4-15(21)34-16/h2-5,10,12H,6-9H2,1H3,(H,25,29). The van der Waals surface area contributed by atoms with Gasteiger partial charge < -0.3 is 9.57 Å². The Hall–Kier alpha value is -2.38. The van der Waals surface area contributed by atoms with Crippen LogP contribution in [0, 0.1) is 10.1 Å². The summed E-state index contributed by atoms with van der Waals surface area (Å²) in [6.07, 6.45) is 0.316. The first-order chi connectivity index (χ1) is 16.3. The zero-order valence-electron chi connectivity index (χ0n) is 17.7. The van der Waals surface area contributed by atoms with Gasteiger partial charge in [0.2, 0.25) is 5.88 Å². The van der Waals surface area contributed by atoms with Crippen molar-refractivity contribution in [1.82, 2.24) is 20.0 Å². The third-order valence-corrected chi connectivity index (χ3v) is 7.29. The number of piperidine rings is 1. The molecule has 1 N–H and O–H groups in total. The number of thiophene rings is 1. The number of nitrogens with zero attached hydrogens (tertiary/aromatic N) is 4. The highest BCUT2D eigenvalue weighted by molar-refractivity contribution is 9.11. The number of hydrogen-bond acceptors (Lipinski definition) is 8. The Balaban J connectivity index is 1.67. The van der Waals surface area contributed by atoms with E-state index in [0.29, 0.717) is 47.4 Å². The summed E-state index contributed by atoms with van der Waals surface area (Å²) in [5, 5.41) is 13.0. The molecule has 180 valence electrons. The summed E-state index contributed by atoms with van der Waals surface area (Å²) in [6, 6.07) is 8.77. The summed E-state index contributed by atoms with van der Waals surface area (Å²) in [4.78, 5) is 33.0. The number of aromatic nitrogens is 2. The second-order valence-electron chi connectivity index (χ2n) is 7.29. The molecule has 0 radical (unpaired) electrons. The first-order valence-corrected chi connectivity index (χ1v) is 12.4. The normalized spacial score (nSPS) is 14.7. The number of methoxy groups -OCH3 is 1. The van der Waals surface area contributed by atoms with E-state index in [0.717, 1.165) is 8.79 Å². The van der Waals surface area contributed by atoms with Gasteiger partial charge in [-0.25, -0.2) is 9.99 Å². The predicted molar refractivity (Wildman–Crippen MR) is 131 cm³/mol. The highest BCUT2D eigenvalue weighted by Crippen LogP contribution is 2.38. The number of ether oxygens (including phenoxy) is 1. The number of halogens is 3. The molecule has 1 fully saturated rings. The number of nitrogens with one attached hydrogen (secondary N) is 1. The average molecular weight is 591 g/mol. The molecule has 1 amide bonds. The second kappa shape index (κ2) is 10.5. The van der Waals surface area contributed by atoms with Crippen LogP contribution in [0.1, 0.15) is 23.3 Å².